The average Bonchev–Trinajstić information content (AvgIpc) is 3.00. The van der Waals surface area contributed by atoms with Crippen molar-refractivity contribution in [1.82, 2.24) is 4.90 Å². The molecule has 1 aromatic carbocycles. The second-order valence-corrected chi connectivity index (χ2v) is 9.43. The number of likely N-dealkylation sites (tertiary alicyclic amines) is 1. The normalized spacial score (nSPS) is 29.0. The molecule has 1 saturated heterocycles. The molecule has 2 aliphatic rings. The highest BCUT2D eigenvalue weighted by Gasteiger charge is 2.40. The van der Waals surface area contributed by atoms with Crippen molar-refractivity contribution in [2.24, 2.45) is 16.2 Å². The van der Waals surface area contributed by atoms with Crippen molar-refractivity contribution < 1.29 is 4.21 Å². The maximum Gasteiger partial charge on any atom is 0.144 e. The van der Waals surface area contributed by atoms with Crippen LogP contribution in [0.5, 0.6) is 0 Å². The highest BCUT2D eigenvalue weighted by atomic mass is 32.2. The summed E-state index contributed by atoms with van der Waals surface area (Å²) in [7, 11) is -1.12. The topological polar surface area (TPSA) is 32.7 Å². The molecule has 0 amide bonds. The van der Waals surface area contributed by atoms with Gasteiger partial charge in [-0.25, -0.2) is 4.21 Å². The van der Waals surface area contributed by atoms with Gasteiger partial charge in [0.25, 0.3) is 0 Å². The maximum atomic E-state index is 12.3. The summed E-state index contributed by atoms with van der Waals surface area (Å²) in [6.07, 6.45) is 2.24. The average molecular weight is 318 g/mol. The van der Waals surface area contributed by atoms with Crippen LogP contribution in [0.25, 0.3) is 0 Å². The number of nitrogens with zero attached hydrogens (tertiary/aromatic N) is 2. The summed E-state index contributed by atoms with van der Waals surface area (Å²) >= 11 is 0. The maximum absolute atomic E-state index is 12.3. The molecule has 0 radical (unpaired) electrons. The Balaban J connectivity index is 1.66. The fraction of sp³-hybridized carbons (Fsp3) is 0.611. The molecule has 3 atom stereocenters. The highest BCUT2D eigenvalue weighted by Crippen LogP contribution is 2.37. The van der Waals surface area contributed by atoms with Crippen molar-refractivity contribution in [3.8, 4) is 0 Å². The third-order valence-electron chi connectivity index (χ3n) is 4.69. The van der Waals surface area contributed by atoms with E-state index in [0.717, 1.165) is 26.1 Å². The quantitative estimate of drug-likeness (QED) is 0.855. The molecule has 120 valence electrons. The Morgan fingerprint density at radius 2 is 1.95 bits per heavy atom. The summed E-state index contributed by atoms with van der Waals surface area (Å²) in [5, 5.41) is 0. The van der Waals surface area contributed by atoms with Gasteiger partial charge in [0.15, 0.2) is 0 Å². The van der Waals surface area contributed by atoms with Gasteiger partial charge in [0.2, 0.25) is 0 Å². The minimum Gasteiger partial charge on any atom is -0.298 e. The SMILES string of the molecule is CC(C)(C)S(=O)N=C1CCC2CN(Cc3ccccc3)CC12. The fourth-order valence-corrected chi connectivity index (χ4v) is 4.19. The van der Waals surface area contributed by atoms with Gasteiger partial charge in [-0.15, -0.1) is 0 Å². The van der Waals surface area contributed by atoms with Gasteiger partial charge >= 0.3 is 0 Å². The van der Waals surface area contributed by atoms with Gasteiger partial charge in [0, 0.05) is 31.3 Å². The van der Waals surface area contributed by atoms with E-state index in [1.54, 1.807) is 0 Å². The molecule has 1 aromatic rings. The zero-order chi connectivity index (χ0) is 15.7. The van der Waals surface area contributed by atoms with E-state index in [-0.39, 0.29) is 4.75 Å². The van der Waals surface area contributed by atoms with Crippen LogP contribution in [0.4, 0.5) is 0 Å². The summed E-state index contributed by atoms with van der Waals surface area (Å²) < 4.78 is 16.6. The predicted octanol–water partition coefficient (Wildman–Crippen LogP) is 3.43. The van der Waals surface area contributed by atoms with E-state index in [9.17, 15) is 4.21 Å². The van der Waals surface area contributed by atoms with Crippen LogP contribution in [0.15, 0.2) is 34.7 Å². The zero-order valence-electron chi connectivity index (χ0n) is 13.8. The van der Waals surface area contributed by atoms with Crippen molar-refractivity contribution >= 4 is 16.7 Å². The Kier molecular flexibility index (Phi) is 4.51. The van der Waals surface area contributed by atoms with Gasteiger partial charge in [-0.2, -0.15) is 4.40 Å². The predicted molar refractivity (Wildman–Crippen MR) is 93.3 cm³/mol. The minimum atomic E-state index is -1.12. The van der Waals surface area contributed by atoms with Gasteiger partial charge in [0.1, 0.15) is 11.0 Å². The van der Waals surface area contributed by atoms with Crippen LogP contribution in [-0.2, 0) is 17.5 Å². The first kappa shape index (κ1) is 15.9. The van der Waals surface area contributed by atoms with E-state index >= 15 is 0 Å². The summed E-state index contributed by atoms with van der Waals surface area (Å²) in [5.41, 5.74) is 2.58. The molecule has 0 N–H and O–H groups in total. The molecular weight excluding hydrogens is 292 g/mol. The molecule has 1 aliphatic carbocycles. The molecule has 1 aliphatic heterocycles. The van der Waals surface area contributed by atoms with Gasteiger partial charge in [-0.3, -0.25) is 4.90 Å². The smallest absolute Gasteiger partial charge is 0.144 e. The van der Waals surface area contributed by atoms with Crippen molar-refractivity contribution in [3.05, 3.63) is 35.9 Å². The first-order valence-corrected chi connectivity index (χ1v) is 9.30. The molecular formula is C18H26N2OS. The molecule has 3 rings (SSSR count). The molecule has 2 fully saturated rings. The van der Waals surface area contributed by atoms with E-state index in [0.29, 0.717) is 11.8 Å². The van der Waals surface area contributed by atoms with E-state index in [4.69, 9.17) is 0 Å². The highest BCUT2D eigenvalue weighted by molar-refractivity contribution is 7.85. The molecule has 0 bridgehead atoms. The summed E-state index contributed by atoms with van der Waals surface area (Å²) in [6, 6.07) is 10.7. The van der Waals surface area contributed by atoms with Crippen molar-refractivity contribution in [1.29, 1.82) is 0 Å². The van der Waals surface area contributed by atoms with Crippen LogP contribution >= 0.6 is 0 Å². The molecule has 3 nitrogen and oxygen atoms in total. The summed E-state index contributed by atoms with van der Waals surface area (Å²) in [4.78, 5) is 2.53. The molecule has 1 saturated carbocycles. The van der Waals surface area contributed by atoms with Gasteiger partial charge in [-0.1, -0.05) is 30.3 Å². The molecule has 0 aromatic heterocycles. The van der Waals surface area contributed by atoms with E-state index in [1.807, 2.05) is 20.8 Å². The lowest BCUT2D eigenvalue weighted by Crippen LogP contribution is -2.25. The van der Waals surface area contributed by atoms with Crippen LogP contribution in [0, 0.1) is 11.8 Å². The van der Waals surface area contributed by atoms with Crippen LogP contribution in [-0.4, -0.2) is 32.7 Å². The van der Waals surface area contributed by atoms with Crippen LogP contribution in [0.2, 0.25) is 0 Å². The summed E-state index contributed by atoms with van der Waals surface area (Å²) in [6.45, 7) is 9.23. The van der Waals surface area contributed by atoms with Crippen molar-refractivity contribution in [2.45, 2.75) is 44.9 Å². The van der Waals surface area contributed by atoms with Crippen LogP contribution < -0.4 is 0 Å². The number of benzene rings is 1. The van der Waals surface area contributed by atoms with Gasteiger partial charge in [0.05, 0.1) is 4.75 Å². The third kappa shape index (κ3) is 3.49. The first-order valence-electron chi connectivity index (χ1n) is 8.19. The Bertz CT molecular complexity index is 576. The molecule has 22 heavy (non-hydrogen) atoms. The number of hydrogen-bond acceptors (Lipinski definition) is 2. The molecule has 3 unspecified atom stereocenters. The first-order chi connectivity index (χ1) is 10.4. The van der Waals surface area contributed by atoms with Crippen molar-refractivity contribution in [3.63, 3.8) is 0 Å². The Morgan fingerprint density at radius 3 is 2.64 bits per heavy atom. The van der Waals surface area contributed by atoms with Crippen LogP contribution in [0.3, 0.4) is 0 Å². The minimum absolute atomic E-state index is 0.257. The lowest BCUT2D eigenvalue weighted by Gasteiger charge is -2.18. The fourth-order valence-electron chi connectivity index (χ4n) is 3.48. The third-order valence-corrected chi connectivity index (χ3v) is 6.14. The number of hydrogen-bond donors (Lipinski definition) is 0. The van der Waals surface area contributed by atoms with Gasteiger partial charge in [-0.05, 0) is 45.1 Å². The Labute approximate surface area is 136 Å². The largest absolute Gasteiger partial charge is 0.298 e. The zero-order valence-corrected chi connectivity index (χ0v) is 14.6. The Hall–Kier alpha value is -1.00. The van der Waals surface area contributed by atoms with E-state index < -0.39 is 11.0 Å². The summed E-state index contributed by atoms with van der Waals surface area (Å²) in [5.74, 6) is 1.23. The van der Waals surface area contributed by atoms with E-state index in [2.05, 4.69) is 39.6 Å². The number of fused-ring (bicyclic) bond motifs is 1. The second kappa shape index (κ2) is 6.25. The lowest BCUT2D eigenvalue weighted by atomic mass is 10.00. The lowest BCUT2D eigenvalue weighted by molar-refractivity contribution is 0.312. The monoisotopic (exact) mass is 318 g/mol. The molecule has 4 heteroatoms. The Morgan fingerprint density at radius 1 is 1.23 bits per heavy atom. The van der Waals surface area contributed by atoms with E-state index in [1.165, 1.54) is 17.7 Å². The van der Waals surface area contributed by atoms with Gasteiger partial charge < -0.3 is 0 Å². The number of rotatable bonds is 3. The van der Waals surface area contributed by atoms with Crippen LogP contribution in [0.1, 0.15) is 39.2 Å². The molecule has 1 heterocycles. The molecule has 0 spiro atoms. The standard InChI is InChI=1S/C18H26N2OS/c1-18(2,3)22(21)19-17-10-9-15-12-20(13-16(15)17)11-14-7-5-4-6-8-14/h4-8,15-16H,9-13H2,1-3H3. The second-order valence-electron chi connectivity index (χ2n) is 7.53. The van der Waals surface area contributed by atoms with Crippen molar-refractivity contribution in [2.75, 3.05) is 13.1 Å².